The van der Waals surface area contributed by atoms with E-state index in [-0.39, 0.29) is 0 Å². The standard InChI is InChI=1S/C14H30N2O/c1-11-6-8-16(12(11)10-17)9-7-13(15-5)14(2,3)4/h11-13,15,17H,6-10H2,1-5H3. The van der Waals surface area contributed by atoms with Crippen LogP contribution in [0.15, 0.2) is 0 Å². The van der Waals surface area contributed by atoms with Crippen molar-refractivity contribution in [2.75, 3.05) is 26.7 Å². The summed E-state index contributed by atoms with van der Waals surface area (Å²) >= 11 is 0. The first-order valence-corrected chi connectivity index (χ1v) is 6.92. The van der Waals surface area contributed by atoms with Gasteiger partial charge in [0.15, 0.2) is 0 Å². The minimum atomic E-state index is 0.300. The van der Waals surface area contributed by atoms with E-state index in [2.05, 4.69) is 37.9 Å². The van der Waals surface area contributed by atoms with Gasteiger partial charge in [0.1, 0.15) is 0 Å². The lowest BCUT2D eigenvalue weighted by Crippen LogP contribution is -2.43. The molecule has 2 N–H and O–H groups in total. The Kier molecular flexibility index (Phi) is 5.42. The molecule has 1 aliphatic rings. The van der Waals surface area contributed by atoms with Crippen LogP contribution in [0.25, 0.3) is 0 Å². The molecule has 3 atom stereocenters. The number of rotatable bonds is 5. The van der Waals surface area contributed by atoms with Gasteiger partial charge in [-0.2, -0.15) is 0 Å². The fourth-order valence-electron chi connectivity index (χ4n) is 2.97. The van der Waals surface area contributed by atoms with Crippen molar-refractivity contribution in [3.63, 3.8) is 0 Å². The van der Waals surface area contributed by atoms with Crippen LogP contribution in [0.5, 0.6) is 0 Å². The van der Waals surface area contributed by atoms with Gasteiger partial charge in [-0.05, 0) is 37.8 Å². The molecule has 3 unspecified atom stereocenters. The third-order valence-electron chi connectivity index (χ3n) is 4.28. The van der Waals surface area contributed by atoms with E-state index in [0.29, 0.717) is 30.0 Å². The third kappa shape index (κ3) is 3.94. The fraction of sp³-hybridized carbons (Fsp3) is 1.00. The summed E-state index contributed by atoms with van der Waals surface area (Å²) in [5.74, 6) is 0.641. The van der Waals surface area contributed by atoms with Crippen LogP contribution >= 0.6 is 0 Å². The zero-order chi connectivity index (χ0) is 13.1. The van der Waals surface area contributed by atoms with Crippen molar-refractivity contribution in [2.24, 2.45) is 11.3 Å². The predicted molar refractivity (Wildman–Crippen MR) is 73.1 cm³/mol. The van der Waals surface area contributed by atoms with Crippen LogP contribution in [0.4, 0.5) is 0 Å². The molecule has 0 aromatic carbocycles. The lowest BCUT2D eigenvalue weighted by Gasteiger charge is -2.33. The molecule has 0 aromatic rings. The van der Waals surface area contributed by atoms with E-state index in [9.17, 15) is 5.11 Å². The average Bonchev–Trinajstić information content (AvgIpc) is 2.58. The second-order valence-electron chi connectivity index (χ2n) is 6.55. The van der Waals surface area contributed by atoms with Crippen LogP contribution in [-0.4, -0.2) is 48.8 Å². The maximum Gasteiger partial charge on any atom is 0.0589 e. The van der Waals surface area contributed by atoms with Crippen molar-refractivity contribution >= 4 is 0 Å². The summed E-state index contributed by atoms with van der Waals surface area (Å²) in [7, 11) is 2.05. The van der Waals surface area contributed by atoms with E-state index in [1.165, 1.54) is 6.42 Å². The number of nitrogens with one attached hydrogen (secondary N) is 1. The molecule has 102 valence electrons. The second-order valence-corrected chi connectivity index (χ2v) is 6.55. The van der Waals surface area contributed by atoms with Crippen molar-refractivity contribution in [3.8, 4) is 0 Å². The van der Waals surface area contributed by atoms with Gasteiger partial charge in [0.05, 0.1) is 6.61 Å². The Hall–Kier alpha value is -0.120. The third-order valence-corrected chi connectivity index (χ3v) is 4.28. The summed E-state index contributed by atoms with van der Waals surface area (Å²) in [4.78, 5) is 2.46. The van der Waals surface area contributed by atoms with Gasteiger partial charge in [-0.15, -0.1) is 0 Å². The molecule has 0 saturated carbocycles. The SMILES string of the molecule is CNC(CCN1CCC(C)C1CO)C(C)(C)C. The Morgan fingerprint density at radius 1 is 1.41 bits per heavy atom. The lowest BCUT2D eigenvalue weighted by molar-refractivity contribution is 0.128. The molecule has 3 nitrogen and oxygen atoms in total. The first-order valence-electron chi connectivity index (χ1n) is 6.92. The molecule has 0 radical (unpaired) electrons. The van der Waals surface area contributed by atoms with Crippen molar-refractivity contribution < 1.29 is 5.11 Å². The van der Waals surface area contributed by atoms with Crippen molar-refractivity contribution in [1.82, 2.24) is 10.2 Å². The van der Waals surface area contributed by atoms with Crippen LogP contribution in [0, 0.1) is 11.3 Å². The molecule has 3 heteroatoms. The molecule has 17 heavy (non-hydrogen) atoms. The molecule has 0 spiro atoms. The van der Waals surface area contributed by atoms with E-state index in [0.717, 1.165) is 19.5 Å². The maximum atomic E-state index is 9.43. The van der Waals surface area contributed by atoms with Gasteiger partial charge in [0, 0.05) is 18.6 Å². The normalized spacial score (nSPS) is 28.6. The van der Waals surface area contributed by atoms with Gasteiger partial charge in [0.2, 0.25) is 0 Å². The van der Waals surface area contributed by atoms with Crippen LogP contribution in [0.2, 0.25) is 0 Å². The Labute approximate surface area is 107 Å². The van der Waals surface area contributed by atoms with Gasteiger partial charge in [0.25, 0.3) is 0 Å². The van der Waals surface area contributed by atoms with Crippen molar-refractivity contribution in [1.29, 1.82) is 0 Å². The van der Waals surface area contributed by atoms with Crippen LogP contribution in [0.1, 0.15) is 40.5 Å². The highest BCUT2D eigenvalue weighted by Gasteiger charge is 2.31. The molecular weight excluding hydrogens is 212 g/mol. The van der Waals surface area contributed by atoms with Crippen molar-refractivity contribution in [2.45, 2.75) is 52.6 Å². The van der Waals surface area contributed by atoms with E-state index in [4.69, 9.17) is 0 Å². The topological polar surface area (TPSA) is 35.5 Å². The number of nitrogens with zero attached hydrogens (tertiary/aromatic N) is 1. The first-order chi connectivity index (χ1) is 7.90. The number of aliphatic hydroxyl groups is 1. The molecule has 0 aromatic heterocycles. The highest BCUT2D eigenvalue weighted by molar-refractivity contribution is 4.86. The van der Waals surface area contributed by atoms with Crippen LogP contribution < -0.4 is 5.32 Å². The van der Waals surface area contributed by atoms with Gasteiger partial charge < -0.3 is 10.4 Å². The summed E-state index contributed by atoms with van der Waals surface area (Å²) < 4.78 is 0. The summed E-state index contributed by atoms with van der Waals surface area (Å²) in [6, 6.07) is 0.922. The number of hydrogen-bond acceptors (Lipinski definition) is 3. The molecule has 1 aliphatic heterocycles. The smallest absolute Gasteiger partial charge is 0.0589 e. The Morgan fingerprint density at radius 3 is 2.53 bits per heavy atom. The highest BCUT2D eigenvalue weighted by Crippen LogP contribution is 2.26. The molecular formula is C14H30N2O. The van der Waals surface area contributed by atoms with Gasteiger partial charge in [-0.1, -0.05) is 27.7 Å². The fourth-order valence-corrected chi connectivity index (χ4v) is 2.97. The highest BCUT2D eigenvalue weighted by atomic mass is 16.3. The number of hydrogen-bond donors (Lipinski definition) is 2. The number of aliphatic hydroxyl groups excluding tert-OH is 1. The zero-order valence-corrected chi connectivity index (χ0v) is 12.2. The molecule has 1 saturated heterocycles. The molecule has 1 heterocycles. The monoisotopic (exact) mass is 242 g/mol. The van der Waals surface area contributed by atoms with E-state index in [1.54, 1.807) is 0 Å². The molecule has 1 fully saturated rings. The van der Waals surface area contributed by atoms with Gasteiger partial charge in [-0.3, -0.25) is 4.90 Å². The summed E-state index contributed by atoms with van der Waals surface area (Å²) in [5.41, 5.74) is 0.300. The average molecular weight is 242 g/mol. The first kappa shape index (κ1) is 14.9. The summed E-state index contributed by atoms with van der Waals surface area (Å²) in [5, 5.41) is 12.9. The quantitative estimate of drug-likeness (QED) is 0.770. The maximum absolute atomic E-state index is 9.43. The van der Waals surface area contributed by atoms with Crippen LogP contribution in [0.3, 0.4) is 0 Å². The predicted octanol–water partition coefficient (Wildman–Crippen LogP) is 1.71. The Balaban J connectivity index is 2.44. The van der Waals surface area contributed by atoms with E-state index < -0.39 is 0 Å². The van der Waals surface area contributed by atoms with Gasteiger partial charge >= 0.3 is 0 Å². The minimum absolute atomic E-state index is 0.300. The molecule has 0 aliphatic carbocycles. The Morgan fingerprint density at radius 2 is 2.06 bits per heavy atom. The number of likely N-dealkylation sites (tertiary alicyclic amines) is 1. The summed E-state index contributed by atoms with van der Waals surface area (Å²) in [6.45, 7) is 11.6. The Bertz CT molecular complexity index is 225. The molecule has 0 amide bonds. The molecule has 1 rings (SSSR count). The van der Waals surface area contributed by atoms with E-state index >= 15 is 0 Å². The van der Waals surface area contributed by atoms with E-state index in [1.807, 2.05) is 7.05 Å². The summed E-state index contributed by atoms with van der Waals surface area (Å²) in [6.07, 6.45) is 2.38. The zero-order valence-electron chi connectivity index (χ0n) is 12.2. The lowest BCUT2D eigenvalue weighted by atomic mass is 9.85. The van der Waals surface area contributed by atoms with Gasteiger partial charge in [-0.25, -0.2) is 0 Å². The van der Waals surface area contributed by atoms with Crippen molar-refractivity contribution in [3.05, 3.63) is 0 Å². The second kappa shape index (κ2) is 6.17. The largest absolute Gasteiger partial charge is 0.395 e. The molecule has 0 bridgehead atoms. The minimum Gasteiger partial charge on any atom is -0.395 e. The van der Waals surface area contributed by atoms with Crippen LogP contribution in [-0.2, 0) is 0 Å².